The molecule has 3 nitrogen and oxygen atoms in total. The summed E-state index contributed by atoms with van der Waals surface area (Å²) in [4.78, 5) is 0.227. The number of aryl methyl sites for hydroxylation is 1. The second-order valence-corrected chi connectivity index (χ2v) is 7.41. The molecule has 20 heavy (non-hydrogen) atoms. The van der Waals surface area contributed by atoms with Crippen LogP contribution < -0.4 is 4.72 Å². The van der Waals surface area contributed by atoms with E-state index in [0.717, 1.165) is 11.1 Å². The topological polar surface area (TPSA) is 46.2 Å². The molecule has 0 aliphatic heterocycles. The molecule has 2 aromatic carbocycles. The third-order valence-corrected chi connectivity index (χ3v) is 5.35. The molecule has 0 amide bonds. The number of benzene rings is 2. The maximum absolute atomic E-state index is 12.2. The number of hydrogen-bond acceptors (Lipinski definition) is 2. The summed E-state index contributed by atoms with van der Waals surface area (Å²) in [6.45, 7) is 2.10. The van der Waals surface area contributed by atoms with Gasteiger partial charge in [-0.3, -0.25) is 0 Å². The van der Waals surface area contributed by atoms with Crippen LogP contribution in [0.3, 0.4) is 0 Å². The molecular weight excluding hydrogens is 362 g/mol. The fraction of sp³-hybridized carbons (Fsp3) is 0.143. The quantitative estimate of drug-likeness (QED) is 0.882. The molecule has 0 spiro atoms. The number of hydrogen-bond donors (Lipinski definition) is 1. The predicted molar refractivity (Wildman–Crippen MR) is 84.4 cm³/mol. The Labute approximate surface area is 132 Å². The van der Waals surface area contributed by atoms with Crippen LogP contribution in [0.25, 0.3) is 0 Å². The van der Waals surface area contributed by atoms with Crippen molar-refractivity contribution in [3.05, 3.63) is 63.1 Å². The summed E-state index contributed by atoms with van der Waals surface area (Å²) in [5, 5.41) is 0.582. The van der Waals surface area contributed by atoms with E-state index in [1.807, 2.05) is 13.0 Å². The lowest BCUT2D eigenvalue weighted by Crippen LogP contribution is -2.23. The van der Waals surface area contributed by atoms with Crippen LogP contribution in [0, 0.1) is 6.92 Å². The maximum Gasteiger partial charge on any atom is 0.241 e. The molecule has 1 N–H and O–H groups in total. The lowest BCUT2D eigenvalue weighted by molar-refractivity contribution is 0.581. The van der Waals surface area contributed by atoms with Gasteiger partial charge in [-0.15, -0.1) is 0 Å². The fourth-order valence-corrected chi connectivity index (χ4v) is 4.15. The van der Waals surface area contributed by atoms with E-state index < -0.39 is 10.0 Å². The Morgan fingerprint density at radius 1 is 1.20 bits per heavy atom. The molecule has 0 unspecified atom stereocenters. The molecule has 2 rings (SSSR count). The third kappa shape index (κ3) is 3.82. The molecule has 0 saturated carbocycles. The Kier molecular flexibility index (Phi) is 4.86. The highest BCUT2D eigenvalue weighted by Crippen LogP contribution is 2.23. The molecule has 0 radical (unpaired) electrons. The maximum atomic E-state index is 12.2. The first kappa shape index (κ1) is 15.5. The summed E-state index contributed by atoms with van der Waals surface area (Å²) in [6, 6.07) is 12.2. The first-order valence-corrected chi connectivity index (χ1v) is 8.54. The van der Waals surface area contributed by atoms with Crippen LogP contribution in [0.1, 0.15) is 11.1 Å². The average molecular weight is 375 g/mol. The van der Waals surface area contributed by atoms with E-state index in [4.69, 9.17) is 11.6 Å². The zero-order chi connectivity index (χ0) is 14.8. The average Bonchev–Trinajstić information content (AvgIpc) is 2.36. The van der Waals surface area contributed by atoms with Gasteiger partial charge in [0.05, 0.1) is 4.90 Å². The van der Waals surface area contributed by atoms with E-state index in [1.165, 1.54) is 0 Å². The first-order chi connectivity index (χ1) is 9.38. The fourth-order valence-electron chi connectivity index (χ4n) is 1.73. The van der Waals surface area contributed by atoms with E-state index >= 15 is 0 Å². The van der Waals surface area contributed by atoms with Gasteiger partial charge in [-0.25, -0.2) is 13.1 Å². The van der Waals surface area contributed by atoms with E-state index in [2.05, 4.69) is 20.7 Å². The van der Waals surface area contributed by atoms with Gasteiger partial charge in [0.25, 0.3) is 0 Å². The minimum atomic E-state index is -3.56. The van der Waals surface area contributed by atoms with Gasteiger partial charge in [0, 0.05) is 16.0 Å². The lowest BCUT2D eigenvalue weighted by Gasteiger charge is -2.09. The summed E-state index contributed by atoms with van der Waals surface area (Å²) in [5.41, 5.74) is 1.80. The van der Waals surface area contributed by atoms with Gasteiger partial charge < -0.3 is 0 Å². The van der Waals surface area contributed by atoms with Gasteiger partial charge >= 0.3 is 0 Å². The van der Waals surface area contributed by atoms with Crippen molar-refractivity contribution in [2.24, 2.45) is 0 Å². The summed E-state index contributed by atoms with van der Waals surface area (Å²) in [7, 11) is -3.56. The van der Waals surface area contributed by atoms with E-state index in [-0.39, 0.29) is 11.4 Å². The monoisotopic (exact) mass is 373 g/mol. The van der Waals surface area contributed by atoms with E-state index in [1.54, 1.807) is 36.4 Å². The summed E-state index contributed by atoms with van der Waals surface area (Å²) >= 11 is 9.15. The van der Waals surface area contributed by atoms with Crippen LogP contribution in [0.4, 0.5) is 0 Å². The summed E-state index contributed by atoms with van der Waals surface area (Å²) in [6.07, 6.45) is 0. The Morgan fingerprint density at radius 2 is 1.95 bits per heavy atom. The number of sulfonamides is 1. The molecule has 0 saturated heterocycles. The molecule has 106 valence electrons. The van der Waals surface area contributed by atoms with Gasteiger partial charge in [-0.1, -0.05) is 29.8 Å². The highest BCUT2D eigenvalue weighted by atomic mass is 79.9. The standard InChI is InChI=1S/C14H13BrClNO2S/c1-10-5-6-14(13(15)7-10)20(18,19)17-9-11-3-2-4-12(16)8-11/h2-8,17H,9H2,1H3. The minimum absolute atomic E-state index is 0.198. The van der Waals surface area contributed by atoms with Gasteiger partial charge in [0.15, 0.2) is 0 Å². The molecule has 0 atom stereocenters. The van der Waals surface area contributed by atoms with Crippen molar-refractivity contribution in [3.63, 3.8) is 0 Å². The summed E-state index contributed by atoms with van der Waals surface area (Å²) < 4.78 is 27.6. The normalized spacial score (nSPS) is 11.6. The SMILES string of the molecule is Cc1ccc(S(=O)(=O)NCc2cccc(Cl)c2)c(Br)c1. The molecule has 0 aliphatic carbocycles. The van der Waals surface area contributed by atoms with Crippen LogP contribution in [0.15, 0.2) is 51.8 Å². The van der Waals surface area contributed by atoms with Crippen molar-refractivity contribution in [3.8, 4) is 0 Å². The lowest BCUT2D eigenvalue weighted by atomic mass is 10.2. The third-order valence-electron chi connectivity index (χ3n) is 2.73. The zero-order valence-electron chi connectivity index (χ0n) is 10.7. The van der Waals surface area contributed by atoms with Crippen LogP contribution >= 0.6 is 27.5 Å². The predicted octanol–water partition coefficient (Wildman–Crippen LogP) is 3.89. The molecule has 0 aromatic heterocycles. The molecule has 6 heteroatoms. The van der Waals surface area contributed by atoms with Gasteiger partial charge in [0.1, 0.15) is 0 Å². The van der Waals surface area contributed by atoms with Crippen molar-refractivity contribution in [2.75, 3.05) is 0 Å². The van der Waals surface area contributed by atoms with Crippen molar-refractivity contribution in [2.45, 2.75) is 18.4 Å². The molecular formula is C14H13BrClNO2S. The van der Waals surface area contributed by atoms with Gasteiger partial charge in [0.2, 0.25) is 10.0 Å². The van der Waals surface area contributed by atoms with Crippen LogP contribution in [-0.4, -0.2) is 8.42 Å². The molecule has 0 bridgehead atoms. The molecule has 0 heterocycles. The van der Waals surface area contributed by atoms with Crippen molar-refractivity contribution >= 4 is 37.6 Å². The zero-order valence-corrected chi connectivity index (χ0v) is 13.9. The minimum Gasteiger partial charge on any atom is -0.207 e. The Balaban J connectivity index is 2.19. The highest BCUT2D eigenvalue weighted by Gasteiger charge is 2.17. The van der Waals surface area contributed by atoms with Crippen molar-refractivity contribution in [1.29, 1.82) is 0 Å². The second kappa shape index (κ2) is 6.26. The Morgan fingerprint density at radius 3 is 2.60 bits per heavy atom. The Bertz CT molecular complexity index is 732. The molecule has 0 fully saturated rings. The van der Waals surface area contributed by atoms with Crippen LogP contribution in [0.2, 0.25) is 5.02 Å². The number of rotatable bonds is 4. The first-order valence-electron chi connectivity index (χ1n) is 5.89. The van der Waals surface area contributed by atoms with Crippen molar-refractivity contribution in [1.82, 2.24) is 4.72 Å². The van der Waals surface area contributed by atoms with Gasteiger partial charge in [-0.05, 0) is 58.2 Å². The van der Waals surface area contributed by atoms with Crippen molar-refractivity contribution < 1.29 is 8.42 Å². The number of halogens is 2. The van der Waals surface area contributed by atoms with Gasteiger partial charge in [-0.2, -0.15) is 0 Å². The Hall–Kier alpha value is -0.880. The van der Waals surface area contributed by atoms with E-state index in [9.17, 15) is 8.42 Å². The summed E-state index contributed by atoms with van der Waals surface area (Å²) in [5.74, 6) is 0. The largest absolute Gasteiger partial charge is 0.241 e. The molecule has 0 aliphatic rings. The van der Waals surface area contributed by atoms with Crippen LogP contribution in [-0.2, 0) is 16.6 Å². The smallest absolute Gasteiger partial charge is 0.207 e. The van der Waals surface area contributed by atoms with Crippen LogP contribution in [0.5, 0.6) is 0 Å². The highest BCUT2D eigenvalue weighted by molar-refractivity contribution is 9.10. The van der Waals surface area contributed by atoms with E-state index in [0.29, 0.717) is 9.50 Å². The second-order valence-electron chi connectivity index (χ2n) is 4.39. The molecule has 2 aromatic rings. The number of nitrogens with one attached hydrogen (secondary N) is 1.